The van der Waals surface area contributed by atoms with Gasteiger partial charge in [-0.3, -0.25) is 9.20 Å². The van der Waals surface area contributed by atoms with Crippen LogP contribution in [0.4, 0.5) is 5.00 Å². The lowest BCUT2D eigenvalue weighted by Crippen LogP contribution is -2.16. The third kappa shape index (κ3) is 4.41. The van der Waals surface area contributed by atoms with E-state index in [4.69, 9.17) is 9.72 Å². The summed E-state index contributed by atoms with van der Waals surface area (Å²) in [6, 6.07) is 17.3. The molecule has 0 aliphatic heterocycles. The van der Waals surface area contributed by atoms with E-state index in [0.29, 0.717) is 27.6 Å². The van der Waals surface area contributed by atoms with E-state index in [1.807, 2.05) is 65.2 Å². The molecule has 1 N–H and O–H groups in total. The number of carbonyl (C=O) groups excluding carboxylic acids is 2. The lowest BCUT2D eigenvalue weighted by Gasteiger charge is -2.12. The molecule has 3 heterocycles. The zero-order chi connectivity index (χ0) is 25.1. The Morgan fingerprint density at radius 2 is 1.94 bits per heavy atom. The predicted molar refractivity (Wildman–Crippen MR) is 140 cm³/mol. The average Bonchev–Trinajstić information content (AvgIpc) is 3.45. The minimum Gasteiger partial charge on any atom is -0.462 e. The second-order valence-corrected chi connectivity index (χ2v) is 9.51. The molecule has 1 aromatic carbocycles. The van der Waals surface area contributed by atoms with Gasteiger partial charge in [-0.05, 0) is 56.4 Å². The molecular formula is C28H24N4O3S. The van der Waals surface area contributed by atoms with E-state index in [1.54, 1.807) is 13.0 Å². The second-order valence-electron chi connectivity index (χ2n) is 8.40. The Morgan fingerprint density at radius 3 is 2.72 bits per heavy atom. The minimum absolute atomic E-state index is 0.0842. The van der Waals surface area contributed by atoms with Crippen molar-refractivity contribution in [1.29, 1.82) is 5.26 Å². The second kappa shape index (κ2) is 10.2. The first-order valence-corrected chi connectivity index (χ1v) is 12.7. The summed E-state index contributed by atoms with van der Waals surface area (Å²) in [4.78, 5) is 31.9. The average molecular weight is 497 g/mol. The van der Waals surface area contributed by atoms with Crippen LogP contribution in [0.2, 0.25) is 0 Å². The van der Waals surface area contributed by atoms with Gasteiger partial charge >= 0.3 is 5.97 Å². The quantitative estimate of drug-likeness (QED) is 0.211. The van der Waals surface area contributed by atoms with E-state index in [0.717, 1.165) is 41.7 Å². The molecule has 180 valence electrons. The summed E-state index contributed by atoms with van der Waals surface area (Å²) in [5, 5.41) is 13.2. The summed E-state index contributed by atoms with van der Waals surface area (Å²) in [5.74, 6) is -1.02. The Kier molecular flexibility index (Phi) is 6.65. The molecule has 4 aromatic rings. The molecule has 0 unspecified atom stereocenters. The maximum atomic E-state index is 13.3. The van der Waals surface area contributed by atoms with Gasteiger partial charge in [0.1, 0.15) is 22.3 Å². The van der Waals surface area contributed by atoms with Crippen molar-refractivity contribution in [3.8, 4) is 17.3 Å². The number of esters is 1. The molecule has 0 bridgehead atoms. The van der Waals surface area contributed by atoms with Crippen LogP contribution in [0, 0.1) is 11.3 Å². The van der Waals surface area contributed by atoms with Gasteiger partial charge in [0, 0.05) is 16.6 Å². The number of nitriles is 1. The molecule has 1 aliphatic carbocycles. The molecule has 0 radical (unpaired) electrons. The number of aromatic nitrogens is 2. The largest absolute Gasteiger partial charge is 0.462 e. The topological polar surface area (TPSA) is 96.5 Å². The number of thiophene rings is 1. The van der Waals surface area contributed by atoms with Gasteiger partial charge in [0.25, 0.3) is 5.91 Å². The van der Waals surface area contributed by atoms with Crippen molar-refractivity contribution in [3.05, 3.63) is 82.0 Å². The highest BCUT2D eigenvalue weighted by Gasteiger charge is 2.28. The standard InChI is InChI=1S/C28H24N4O3S/c1-2-35-28(34)24-20-12-6-7-13-22(20)36-27(24)31-26(33)19(17-29)16-21-25(18-10-4-3-5-11-18)30-23-14-8-9-15-32(21)23/h3-5,8-11,14-16H,2,6-7,12-13H2,1H3,(H,31,33). The summed E-state index contributed by atoms with van der Waals surface area (Å²) < 4.78 is 7.13. The molecule has 5 rings (SSSR count). The van der Waals surface area contributed by atoms with E-state index in [-0.39, 0.29) is 12.2 Å². The molecule has 36 heavy (non-hydrogen) atoms. The van der Waals surface area contributed by atoms with Crippen molar-refractivity contribution in [2.24, 2.45) is 0 Å². The van der Waals surface area contributed by atoms with Crippen LogP contribution < -0.4 is 5.32 Å². The smallest absolute Gasteiger partial charge is 0.341 e. The lowest BCUT2D eigenvalue weighted by molar-refractivity contribution is -0.112. The molecule has 0 fully saturated rings. The third-order valence-corrected chi connectivity index (χ3v) is 7.35. The summed E-state index contributed by atoms with van der Waals surface area (Å²) in [6.07, 6.45) is 7.08. The van der Waals surface area contributed by atoms with E-state index in [9.17, 15) is 14.9 Å². The Hall–Kier alpha value is -4.22. The Labute approximate surface area is 212 Å². The molecular weight excluding hydrogens is 472 g/mol. The normalized spacial score (nSPS) is 13.2. The number of aryl methyl sites for hydroxylation is 1. The number of imidazole rings is 1. The number of nitrogens with one attached hydrogen (secondary N) is 1. The number of pyridine rings is 1. The highest BCUT2D eigenvalue weighted by molar-refractivity contribution is 7.17. The number of hydrogen-bond acceptors (Lipinski definition) is 6. The minimum atomic E-state index is -0.577. The van der Waals surface area contributed by atoms with Crippen molar-refractivity contribution in [2.75, 3.05) is 11.9 Å². The predicted octanol–water partition coefficient (Wildman–Crippen LogP) is 5.66. The van der Waals surface area contributed by atoms with E-state index in [2.05, 4.69) is 5.32 Å². The number of nitrogens with zero attached hydrogens (tertiary/aromatic N) is 3. The molecule has 3 aromatic heterocycles. The van der Waals surface area contributed by atoms with Gasteiger partial charge in [-0.2, -0.15) is 5.26 Å². The highest BCUT2D eigenvalue weighted by atomic mass is 32.1. The SMILES string of the molecule is CCOC(=O)c1c(NC(=O)C(C#N)=Cc2c(-c3ccccc3)nc3ccccn23)sc2c1CCCC2. The first kappa shape index (κ1) is 23.5. The highest BCUT2D eigenvalue weighted by Crippen LogP contribution is 2.39. The summed E-state index contributed by atoms with van der Waals surface area (Å²) in [7, 11) is 0. The molecule has 1 amide bonds. The Morgan fingerprint density at radius 1 is 1.17 bits per heavy atom. The number of ether oxygens (including phenoxy) is 1. The number of benzene rings is 1. The van der Waals surface area contributed by atoms with Crippen LogP contribution in [0.5, 0.6) is 0 Å². The number of fused-ring (bicyclic) bond motifs is 2. The number of anilines is 1. The van der Waals surface area contributed by atoms with E-state index in [1.165, 1.54) is 11.3 Å². The fraction of sp³-hybridized carbons (Fsp3) is 0.214. The number of amides is 1. The molecule has 0 saturated heterocycles. The van der Waals surface area contributed by atoms with Crippen molar-refractivity contribution < 1.29 is 14.3 Å². The molecule has 0 spiro atoms. The Balaban J connectivity index is 1.55. The van der Waals surface area contributed by atoms with Gasteiger partial charge in [-0.1, -0.05) is 36.4 Å². The zero-order valence-corrected chi connectivity index (χ0v) is 20.6. The maximum absolute atomic E-state index is 13.3. The summed E-state index contributed by atoms with van der Waals surface area (Å²) in [6.45, 7) is 2.00. The fourth-order valence-electron chi connectivity index (χ4n) is 4.49. The van der Waals surface area contributed by atoms with Gasteiger partial charge < -0.3 is 10.1 Å². The van der Waals surface area contributed by atoms with Crippen LogP contribution in [0.15, 0.2) is 60.3 Å². The first-order valence-electron chi connectivity index (χ1n) is 11.9. The first-order chi connectivity index (χ1) is 17.6. The van der Waals surface area contributed by atoms with Gasteiger partial charge in [0.15, 0.2) is 0 Å². The maximum Gasteiger partial charge on any atom is 0.341 e. The zero-order valence-electron chi connectivity index (χ0n) is 19.8. The van der Waals surface area contributed by atoms with Crippen LogP contribution in [0.1, 0.15) is 46.3 Å². The molecule has 0 atom stereocenters. The fourth-order valence-corrected chi connectivity index (χ4v) is 5.76. The number of rotatable bonds is 6. The van der Waals surface area contributed by atoms with Gasteiger partial charge in [0.2, 0.25) is 0 Å². The van der Waals surface area contributed by atoms with Crippen molar-refractivity contribution in [1.82, 2.24) is 9.38 Å². The van der Waals surface area contributed by atoms with Crippen LogP contribution in [0.3, 0.4) is 0 Å². The van der Waals surface area contributed by atoms with Crippen molar-refractivity contribution >= 4 is 39.9 Å². The van der Waals surface area contributed by atoms with Crippen LogP contribution >= 0.6 is 11.3 Å². The van der Waals surface area contributed by atoms with Gasteiger partial charge in [-0.15, -0.1) is 11.3 Å². The van der Waals surface area contributed by atoms with Gasteiger partial charge in [-0.25, -0.2) is 9.78 Å². The molecule has 1 aliphatic rings. The van der Waals surface area contributed by atoms with Crippen LogP contribution in [0.25, 0.3) is 23.0 Å². The molecule has 7 nitrogen and oxygen atoms in total. The van der Waals surface area contributed by atoms with Crippen molar-refractivity contribution in [2.45, 2.75) is 32.6 Å². The number of carbonyl (C=O) groups is 2. The number of hydrogen-bond donors (Lipinski definition) is 1. The third-order valence-electron chi connectivity index (χ3n) is 6.14. The van der Waals surface area contributed by atoms with Crippen LogP contribution in [-0.4, -0.2) is 27.9 Å². The van der Waals surface area contributed by atoms with E-state index < -0.39 is 11.9 Å². The summed E-state index contributed by atoms with van der Waals surface area (Å²) >= 11 is 1.40. The van der Waals surface area contributed by atoms with Crippen molar-refractivity contribution in [3.63, 3.8) is 0 Å². The lowest BCUT2D eigenvalue weighted by atomic mass is 9.95. The van der Waals surface area contributed by atoms with Crippen LogP contribution in [-0.2, 0) is 22.4 Å². The Bertz CT molecular complexity index is 1530. The summed E-state index contributed by atoms with van der Waals surface area (Å²) in [5.41, 5.74) is 4.16. The van der Waals surface area contributed by atoms with Gasteiger partial charge in [0.05, 0.1) is 23.6 Å². The molecule has 0 saturated carbocycles. The van der Waals surface area contributed by atoms with E-state index >= 15 is 0 Å². The monoisotopic (exact) mass is 496 g/mol. The molecule has 8 heteroatoms.